The number of aromatic nitrogens is 1. The Morgan fingerprint density at radius 2 is 2.05 bits per heavy atom. The topological polar surface area (TPSA) is 45.0 Å². The van der Waals surface area contributed by atoms with E-state index in [1.807, 2.05) is 0 Å². The van der Waals surface area contributed by atoms with Crippen molar-refractivity contribution in [2.75, 3.05) is 7.05 Å². The van der Waals surface area contributed by atoms with Gasteiger partial charge in [0.1, 0.15) is 0 Å². The average Bonchev–Trinajstić information content (AvgIpc) is 2.82. The van der Waals surface area contributed by atoms with Crippen LogP contribution >= 0.6 is 15.9 Å². The number of rotatable bonds is 3. The maximum Gasteiger partial charge on any atom is 0.0458 e. The van der Waals surface area contributed by atoms with Crippen molar-refractivity contribution in [3.63, 3.8) is 0 Å². The van der Waals surface area contributed by atoms with Gasteiger partial charge in [0, 0.05) is 40.2 Å². The van der Waals surface area contributed by atoms with Crippen LogP contribution in [-0.2, 0) is 6.54 Å². The molecule has 0 amide bonds. The highest BCUT2D eigenvalue weighted by Gasteiger charge is 2.22. The molecule has 0 unspecified atom stereocenters. The Kier molecular flexibility index (Phi) is 4.15. The average molecular weight is 336 g/mol. The first-order chi connectivity index (χ1) is 9.63. The van der Waals surface area contributed by atoms with Crippen molar-refractivity contribution in [3.05, 3.63) is 34.4 Å². The molecule has 3 rings (SSSR count). The second-order valence-corrected chi connectivity index (χ2v) is 6.90. The molecule has 0 radical (unpaired) electrons. The molecule has 1 fully saturated rings. The molecule has 3 N–H and O–H groups in total. The van der Waals surface area contributed by atoms with E-state index in [0.29, 0.717) is 12.1 Å². The summed E-state index contributed by atoms with van der Waals surface area (Å²) in [5.41, 5.74) is 8.58. The summed E-state index contributed by atoms with van der Waals surface area (Å²) < 4.78 is 1.14. The molecule has 1 aromatic carbocycles. The van der Waals surface area contributed by atoms with Crippen LogP contribution in [0.15, 0.2) is 28.9 Å². The maximum atomic E-state index is 6.00. The molecule has 0 spiro atoms. The van der Waals surface area contributed by atoms with Crippen molar-refractivity contribution in [1.82, 2.24) is 9.88 Å². The van der Waals surface area contributed by atoms with E-state index in [1.165, 1.54) is 29.3 Å². The van der Waals surface area contributed by atoms with Crippen molar-refractivity contribution < 1.29 is 0 Å². The number of nitrogens with two attached hydrogens (primary N) is 1. The molecular formula is C16H22BrN3. The lowest BCUT2D eigenvalue weighted by Crippen LogP contribution is -2.38. The van der Waals surface area contributed by atoms with Gasteiger partial charge in [0.05, 0.1) is 0 Å². The molecule has 1 heterocycles. The van der Waals surface area contributed by atoms with Crippen LogP contribution in [0.5, 0.6) is 0 Å². The molecule has 4 heteroatoms. The van der Waals surface area contributed by atoms with E-state index < -0.39 is 0 Å². The molecule has 0 bridgehead atoms. The first-order valence-corrected chi connectivity index (χ1v) is 8.14. The highest BCUT2D eigenvalue weighted by molar-refractivity contribution is 9.10. The number of benzene rings is 1. The van der Waals surface area contributed by atoms with Crippen LogP contribution in [0.4, 0.5) is 0 Å². The van der Waals surface area contributed by atoms with Gasteiger partial charge in [-0.05, 0) is 56.5 Å². The van der Waals surface area contributed by atoms with E-state index in [9.17, 15) is 0 Å². The van der Waals surface area contributed by atoms with Crippen molar-refractivity contribution >= 4 is 26.8 Å². The molecule has 108 valence electrons. The fourth-order valence-electron chi connectivity index (χ4n) is 3.22. The monoisotopic (exact) mass is 335 g/mol. The van der Waals surface area contributed by atoms with Gasteiger partial charge in [0.25, 0.3) is 0 Å². The highest BCUT2D eigenvalue weighted by Crippen LogP contribution is 2.26. The van der Waals surface area contributed by atoms with Gasteiger partial charge in [0.15, 0.2) is 0 Å². The fourth-order valence-corrected chi connectivity index (χ4v) is 3.58. The molecule has 0 saturated heterocycles. The largest absolute Gasteiger partial charge is 0.361 e. The summed E-state index contributed by atoms with van der Waals surface area (Å²) >= 11 is 3.56. The third-order valence-corrected chi connectivity index (χ3v) is 5.01. The van der Waals surface area contributed by atoms with E-state index in [1.54, 1.807) is 0 Å². The van der Waals surface area contributed by atoms with Gasteiger partial charge < -0.3 is 10.7 Å². The van der Waals surface area contributed by atoms with Crippen molar-refractivity contribution in [2.24, 2.45) is 5.73 Å². The van der Waals surface area contributed by atoms with Gasteiger partial charge in [-0.2, -0.15) is 0 Å². The SMILES string of the molecule is CN(Cc1c[nH]c2ccc(Br)cc12)C1CCC(N)CC1. The summed E-state index contributed by atoms with van der Waals surface area (Å²) in [6.07, 6.45) is 6.92. The predicted molar refractivity (Wildman–Crippen MR) is 87.7 cm³/mol. The first-order valence-electron chi connectivity index (χ1n) is 7.35. The van der Waals surface area contributed by atoms with Gasteiger partial charge in [0.2, 0.25) is 0 Å². The summed E-state index contributed by atoms with van der Waals surface area (Å²) in [5.74, 6) is 0. The predicted octanol–water partition coefficient (Wildman–Crippen LogP) is 3.63. The highest BCUT2D eigenvalue weighted by atomic mass is 79.9. The van der Waals surface area contributed by atoms with E-state index >= 15 is 0 Å². The van der Waals surface area contributed by atoms with E-state index in [0.717, 1.165) is 23.9 Å². The van der Waals surface area contributed by atoms with Crippen LogP contribution in [0.25, 0.3) is 10.9 Å². The molecule has 20 heavy (non-hydrogen) atoms. The molecule has 0 atom stereocenters. The normalized spacial score (nSPS) is 23.6. The smallest absolute Gasteiger partial charge is 0.0458 e. The number of hydrogen-bond donors (Lipinski definition) is 2. The lowest BCUT2D eigenvalue weighted by Gasteiger charge is -2.33. The summed E-state index contributed by atoms with van der Waals surface area (Å²) in [7, 11) is 2.23. The Labute approximate surface area is 128 Å². The van der Waals surface area contributed by atoms with Crippen molar-refractivity contribution in [2.45, 2.75) is 44.3 Å². The Hall–Kier alpha value is -0.840. The lowest BCUT2D eigenvalue weighted by atomic mass is 9.91. The molecule has 0 aliphatic heterocycles. The second-order valence-electron chi connectivity index (χ2n) is 5.99. The summed E-state index contributed by atoms with van der Waals surface area (Å²) in [6, 6.07) is 7.50. The Bertz CT molecular complexity index is 584. The fraction of sp³-hybridized carbons (Fsp3) is 0.500. The van der Waals surface area contributed by atoms with Gasteiger partial charge in [-0.25, -0.2) is 0 Å². The third-order valence-electron chi connectivity index (χ3n) is 4.51. The number of fused-ring (bicyclic) bond motifs is 1. The maximum absolute atomic E-state index is 6.00. The number of H-pyrrole nitrogens is 1. The zero-order chi connectivity index (χ0) is 14.1. The Morgan fingerprint density at radius 1 is 1.30 bits per heavy atom. The molecule has 1 saturated carbocycles. The van der Waals surface area contributed by atoms with Crippen LogP contribution in [0.1, 0.15) is 31.2 Å². The van der Waals surface area contributed by atoms with E-state index in [4.69, 9.17) is 5.73 Å². The van der Waals surface area contributed by atoms with Crippen LogP contribution in [0, 0.1) is 0 Å². The minimum absolute atomic E-state index is 0.420. The Morgan fingerprint density at radius 3 is 2.80 bits per heavy atom. The minimum atomic E-state index is 0.420. The lowest BCUT2D eigenvalue weighted by molar-refractivity contribution is 0.177. The minimum Gasteiger partial charge on any atom is -0.361 e. The zero-order valence-electron chi connectivity index (χ0n) is 11.9. The zero-order valence-corrected chi connectivity index (χ0v) is 13.5. The standard InChI is InChI=1S/C16H22BrN3/c1-20(14-5-3-13(18)4-6-14)10-11-9-19-16-7-2-12(17)8-15(11)16/h2,7-9,13-14,19H,3-6,10,18H2,1H3. The van der Waals surface area contributed by atoms with Crippen molar-refractivity contribution in [3.8, 4) is 0 Å². The quantitative estimate of drug-likeness (QED) is 0.899. The van der Waals surface area contributed by atoms with Gasteiger partial charge >= 0.3 is 0 Å². The number of hydrogen-bond acceptors (Lipinski definition) is 2. The van der Waals surface area contributed by atoms with Gasteiger partial charge in [-0.15, -0.1) is 0 Å². The van der Waals surface area contributed by atoms with Crippen LogP contribution < -0.4 is 5.73 Å². The first kappa shape index (κ1) is 14.1. The molecule has 3 nitrogen and oxygen atoms in total. The Balaban J connectivity index is 1.74. The number of nitrogens with one attached hydrogen (secondary N) is 1. The van der Waals surface area contributed by atoms with Crippen molar-refractivity contribution in [1.29, 1.82) is 0 Å². The molecule has 2 aromatic rings. The van der Waals surface area contributed by atoms with E-state index in [2.05, 4.69) is 57.3 Å². The van der Waals surface area contributed by atoms with Crippen LogP contribution in [0.3, 0.4) is 0 Å². The number of nitrogens with zero attached hydrogens (tertiary/aromatic N) is 1. The molecule has 1 aliphatic carbocycles. The van der Waals surface area contributed by atoms with Gasteiger partial charge in [-0.3, -0.25) is 4.90 Å². The number of halogens is 1. The van der Waals surface area contributed by atoms with Gasteiger partial charge in [-0.1, -0.05) is 15.9 Å². The molecule has 1 aromatic heterocycles. The second kappa shape index (κ2) is 5.88. The van der Waals surface area contributed by atoms with Crippen LogP contribution in [0.2, 0.25) is 0 Å². The molecular weight excluding hydrogens is 314 g/mol. The number of aromatic amines is 1. The summed E-state index contributed by atoms with van der Waals surface area (Å²) in [4.78, 5) is 5.84. The third kappa shape index (κ3) is 2.92. The molecule has 1 aliphatic rings. The summed E-state index contributed by atoms with van der Waals surface area (Å²) in [6.45, 7) is 0.996. The van der Waals surface area contributed by atoms with Crippen LogP contribution in [-0.4, -0.2) is 29.0 Å². The van der Waals surface area contributed by atoms with E-state index in [-0.39, 0.29) is 0 Å². The summed E-state index contributed by atoms with van der Waals surface area (Å²) in [5, 5.41) is 1.32.